The zero-order chi connectivity index (χ0) is 22.3. The quantitative estimate of drug-likeness (QED) is 0.605. The highest BCUT2D eigenvalue weighted by atomic mass is 32.2. The molecule has 32 heavy (non-hydrogen) atoms. The summed E-state index contributed by atoms with van der Waals surface area (Å²) in [6.07, 6.45) is 5.88. The van der Waals surface area contributed by atoms with Crippen LogP contribution in [0.3, 0.4) is 0 Å². The molecular formula is C23H28N6O2S. The van der Waals surface area contributed by atoms with E-state index in [-0.39, 0.29) is 0 Å². The molecule has 0 radical (unpaired) electrons. The van der Waals surface area contributed by atoms with E-state index in [0.29, 0.717) is 36.9 Å². The lowest BCUT2D eigenvalue weighted by molar-refractivity contribution is 0.383. The normalized spacial score (nSPS) is 17.4. The Balaban J connectivity index is 1.31. The van der Waals surface area contributed by atoms with Crippen LogP contribution in [-0.4, -0.2) is 58.7 Å². The molecule has 8 nitrogen and oxygen atoms in total. The van der Waals surface area contributed by atoms with Gasteiger partial charge in [0.1, 0.15) is 12.1 Å². The highest BCUT2D eigenvalue weighted by Gasteiger charge is 2.30. The maximum Gasteiger partial charge on any atom is 0.243 e. The van der Waals surface area contributed by atoms with Gasteiger partial charge < -0.3 is 4.90 Å². The first-order valence-electron chi connectivity index (χ1n) is 11.1. The van der Waals surface area contributed by atoms with Gasteiger partial charge in [0.2, 0.25) is 10.0 Å². The molecule has 1 fully saturated rings. The fourth-order valence-corrected chi connectivity index (χ4v) is 6.14. The number of rotatable bonds is 4. The van der Waals surface area contributed by atoms with Gasteiger partial charge in [-0.2, -0.15) is 9.40 Å². The third-order valence-corrected chi connectivity index (χ3v) is 8.28. The average Bonchev–Trinajstić information content (AvgIpc) is 3.16. The lowest BCUT2D eigenvalue weighted by Gasteiger charge is -2.34. The SMILES string of the molecule is Cc1cc(C)n(-c2cc(N3CCN(S(=O)(=O)c4ccc5c(c4)CCCC5)CC3)ncn2)n1. The summed E-state index contributed by atoms with van der Waals surface area (Å²) in [6, 6.07) is 9.58. The number of nitrogens with zero attached hydrogens (tertiary/aromatic N) is 6. The number of benzene rings is 1. The predicted molar refractivity (Wildman–Crippen MR) is 123 cm³/mol. The minimum atomic E-state index is -3.50. The average molecular weight is 453 g/mol. The summed E-state index contributed by atoms with van der Waals surface area (Å²) in [7, 11) is -3.50. The Morgan fingerprint density at radius 1 is 0.844 bits per heavy atom. The molecule has 2 aliphatic rings. The van der Waals surface area contributed by atoms with Crippen LogP contribution < -0.4 is 4.90 Å². The summed E-state index contributed by atoms with van der Waals surface area (Å²) < 4.78 is 29.9. The Morgan fingerprint density at radius 3 is 2.28 bits per heavy atom. The molecule has 0 bridgehead atoms. The third kappa shape index (κ3) is 3.91. The Morgan fingerprint density at radius 2 is 1.56 bits per heavy atom. The van der Waals surface area contributed by atoms with Crippen LogP contribution in [0.4, 0.5) is 5.82 Å². The van der Waals surface area contributed by atoms with Crippen LogP contribution in [0, 0.1) is 13.8 Å². The highest BCUT2D eigenvalue weighted by Crippen LogP contribution is 2.27. The van der Waals surface area contributed by atoms with Gasteiger partial charge in [0.25, 0.3) is 0 Å². The summed E-state index contributed by atoms with van der Waals surface area (Å²) in [5.74, 6) is 1.50. The molecule has 1 saturated heterocycles. The lowest BCUT2D eigenvalue weighted by Crippen LogP contribution is -2.49. The fourth-order valence-electron chi connectivity index (χ4n) is 4.66. The van der Waals surface area contributed by atoms with E-state index in [2.05, 4.69) is 20.0 Å². The summed E-state index contributed by atoms with van der Waals surface area (Å²) in [5.41, 5.74) is 4.42. The Kier molecular flexibility index (Phi) is 5.46. The number of aromatic nitrogens is 4. The van der Waals surface area contributed by atoms with Crippen LogP contribution in [0.25, 0.3) is 5.82 Å². The zero-order valence-corrected chi connectivity index (χ0v) is 19.3. The smallest absolute Gasteiger partial charge is 0.243 e. The van der Waals surface area contributed by atoms with E-state index in [9.17, 15) is 8.42 Å². The molecule has 1 aliphatic carbocycles. The Labute approximate surface area is 189 Å². The van der Waals surface area contributed by atoms with Gasteiger partial charge in [-0.15, -0.1) is 0 Å². The van der Waals surface area contributed by atoms with Crippen molar-refractivity contribution in [3.63, 3.8) is 0 Å². The zero-order valence-electron chi connectivity index (χ0n) is 18.5. The van der Waals surface area contributed by atoms with Crippen molar-refractivity contribution in [2.75, 3.05) is 31.1 Å². The van der Waals surface area contributed by atoms with E-state index in [1.54, 1.807) is 15.1 Å². The van der Waals surface area contributed by atoms with E-state index in [0.717, 1.165) is 36.5 Å². The number of piperazine rings is 1. The van der Waals surface area contributed by atoms with Gasteiger partial charge in [0.05, 0.1) is 10.6 Å². The first-order chi connectivity index (χ1) is 15.4. The van der Waals surface area contributed by atoms with Gasteiger partial charge in [-0.3, -0.25) is 0 Å². The Hall–Kier alpha value is -2.78. The minimum Gasteiger partial charge on any atom is -0.354 e. The summed E-state index contributed by atoms with van der Waals surface area (Å²) in [5, 5.41) is 4.50. The molecule has 2 aromatic heterocycles. The highest BCUT2D eigenvalue weighted by molar-refractivity contribution is 7.89. The largest absolute Gasteiger partial charge is 0.354 e. The van der Waals surface area contributed by atoms with Crippen molar-refractivity contribution in [3.05, 3.63) is 59.2 Å². The second-order valence-corrected chi connectivity index (χ2v) is 10.5. The van der Waals surface area contributed by atoms with Gasteiger partial charge >= 0.3 is 0 Å². The maximum atomic E-state index is 13.3. The molecule has 0 N–H and O–H groups in total. The third-order valence-electron chi connectivity index (χ3n) is 6.39. The summed E-state index contributed by atoms with van der Waals surface area (Å²) in [6.45, 7) is 5.97. The minimum absolute atomic E-state index is 0.417. The van der Waals surface area contributed by atoms with Crippen molar-refractivity contribution in [2.45, 2.75) is 44.4 Å². The monoisotopic (exact) mass is 452 g/mol. The van der Waals surface area contributed by atoms with E-state index < -0.39 is 10.0 Å². The van der Waals surface area contributed by atoms with Crippen LogP contribution in [0.1, 0.15) is 35.4 Å². The molecule has 0 unspecified atom stereocenters. The van der Waals surface area contributed by atoms with Crippen LogP contribution >= 0.6 is 0 Å². The molecular weight excluding hydrogens is 424 g/mol. The number of fused-ring (bicyclic) bond motifs is 1. The molecule has 3 aromatic rings. The predicted octanol–water partition coefficient (Wildman–Crippen LogP) is 2.67. The van der Waals surface area contributed by atoms with Crippen LogP contribution in [0.15, 0.2) is 41.6 Å². The molecule has 0 spiro atoms. The van der Waals surface area contributed by atoms with E-state index in [4.69, 9.17) is 0 Å². The lowest BCUT2D eigenvalue weighted by atomic mass is 9.92. The van der Waals surface area contributed by atoms with Gasteiger partial charge in [-0.05, 0) is 68.9 Å². The second kappa shape index (κ2) is 8.29. The number of hydrogen-bond donors (Lipinski definition) is 0. The first kappa shape index (κ1) is 21.1. The van der Waals surface area contributed by atoms with Crippen molar-refractivity contribution >= 4 is 15.8 Å². The van der Waals surface area contributed by atoms with Crippen molar-refractivity contribution in [3.8, 4) is 5.82 Å². The van der Waals surface area contributed by atoms with Gasteiger partial charge in [-0.1, -0.05) is 6.07 Å². The van der Waals surface area contributed by atoms with Gasteiger partial charge in [-0.25, -0.2) is 23.1 Å². The second-order valence-electron chi connectivity index (χ2n) is 8.60. The van der Waals surface area contributed by atoms with Crippen molar-refractivity contribution in [1.29, 1.82) is 0 Å². The standard InChI is InChI=1S/C23H28N6O2S/c1-17-13-18(2)29(26-17)23-15-22(24-16-25-23)27-9-11-28(12-10-27)32(30,31)21-8-7-19-5-3-4-6-20(19)14-21/h7-8,13-16H,3-6,9-12H2,1-2H3. The van der Waals surface area contributed by atoms with E-state index in [1.807, 2.05) is 38.1 Å². The topological polar surface area (TPSA) is 84.2 Å². The van der Waals surface area contributed by atoms with E-state index in [1.165, 1.54) is 23.9 Å². The fraction of sp³-hybridized carbons (Fsp3) is 0.435. The Bertz CT molecular complexity index is 1250. The van der Waals surface area contributed by atoms with Crippen LogP contribution in [-0.2, 0) is 22.9 Å². The summed E-state index contributed by atoms with van der Waals surface area (Å²) in [4.78, 5) is 11.3. The van der Waals surface area contributed by atoms with Crippen LogP contribution in [0.5, 0.6) is 0 Å². The molecule has 5 rings (SSSR count). The van der Waals surface area contributed by atoms with E-state index >= 15 is 0 Å². The number of anilines is 1. The molecule has 3 heterocycles. The number of hydrogen-bond acceptors (Lipinski definition) is 6. The molecule has 0 amide bonds. The van der Waals surface area contributed by atoms with Gasteiger partial charge in [0, 0.05) is 37.9 Å². The van der Waals surface area contributed by atoms with Crippen molar-refractivity contribution in [2.24, 2.45) is 0 Å². The molecule has 9 heteroatoms. The first-order valence-corrected chi connectivity index (χ1v) is 12.6. The number of aryl methyl sites for hydroxylation is 4. The van der Waals surface area contributed by atoms with Gasteiger partial charge in [0.15, 0.2) is 5.82 Å². The molecule has 1 aromatic carbocycles. The molecule has 1 aliphatic heterocycles. The molecule has 0 atom stereocenters. The summed E-state index contributed by atoms with van der Waals surface area (Å²) >= 11 is 0. The molecule has 0 saturated carbocycles. The maximum absolute atomic E-state index is 13.3. The van der Waals surface area contributed by atoms with Crippen molar-refractivity contribution in [1.82, 2.24) is 24.1 Å². The molecule has 168 valence electrons. The number of sulfonamides is 1. The van der Waals surface area contributed by atoms with Crippen LogP contribution in [0.2, 0.25) is 0 Å². The van der Waals surface area contributed by atoms with Crippen molar-refractivity contribution < 1.29 is 8.42 Å².